The molecule has 0 atom stereocenters. The van der Waals surface area contributed by atoms with Crippen LogP contribution < -0.4 is 0 Å². The fourth-order valence-corrected chi connectivity index (χ4v) is 2.17. The zero-order chi connectivity index (χ0) is 7.68. The van der Waals surface area contributed by atoms with Gasteiger partial charge in [0.15, 0.2) is 0 Å². The summed E-state index contributed by atoms with van der Waals surface area (Å²) in [5.41, 5.74) is 0. The Kier molecular flexibility index (Phi) is 1.84. The van der Waals surface area contributed by atoms with Crippen LogP contribution in [0.15, 0.2) is 0 Å². The third-order valence-electron chi connectivity index (χ3n) is 2.81. The molecule has 0 saturated carbocycles. The lowest BCUT2D eigenvalue weighted by Gasteiger charge is -2.10. The Bertz CT molecular complexity index is 178. The van der Waals surface area contributed by atoms with Gasteiger partial charge in [-0.2, -0.15) is 0 Å². The zero-order valence-corrected chi connectivity index (χ0v) is 7.34. The van der Waals surface area contributed by atoms with Crippen LogP contribution in [0, 0.1) is 0 Å². The van der Waals surface area contributed by atoms with Crippen LogP contribution in [0.3, 0.4) is 0 Å². The van der Waals surface area contributed by atoms with Crippen molar-refractivity contribution in [1.82, 2.24) is 4.90 Å². The SMILES string of the molecule is C[N+]1=C(N2CCCC2)CCC1. The quantitative estimate of drug-likeness (QED) is 0.469. The van der Waals surface area contributed by atoms with Crippen molar-refractivity contribution >= 4 is 5.84 Å². The van der Waals surface area contributed by atoms with E-state index in [1.54, 1.807) is 5.84 Å². The van der Waals surface area contributed by atoms with Crippen molar-refractivity contribution in [2.45, 2.75) is 25.7 Å². The molecule has 2 aliphatic rings. The van der Waals surface area contributed by atoms with Crippen molar-refractivity contribution in [3.63, 3.8) is 0 Å². The first kappa shape index (κ1) is 7.14. The summed E-state index contributed by atoms with van der Waals surface area (Å²) >= 11 is 0. The van der Waals surface area contributed by atoms with Crippen molar-refractivity contribution in [3.8, 4) is 0 Å². The van der Waals surface area contributed by atoms with Gasteiger partial charge in [0.25, 0.3) is 0 Å². The van der Waals surface area contributed by atoms with Crippen LogP contribution in [0.2, 0.25) is 0 Å². The van der Waals surface area contributed by atoms with Gasteiger partial charge in [-0.1, -0.05) is 0 Å². The molecule has 1 saturated heterocycles. The lowest BCUT2D eigenvalue weighted by atomic mass is 10.3. The Labute approximate surface area is 68.5 Å². The fraction of sp³-hybridized carbons (Fsp3) is 0.889. The molecule has 0 unspecified atom stereocenters. The summed E-state index contributed by atoms with van der Waals surface area (Å²) in [7, 11) is 2.22. The monoisotopic (exact) mass is 153 g/mol. The van der Waals surface area contributed by atoms with Crippen molar-refractivity contribution in [2.75, 3.05) is 26.7 Å². The second-order valence-electron chi connectivity index (χ2n) is 3.64. The average Bonchev–Trinajstić information content (AvgIpc) is 2.55. The molecule has 62 valence electrons. The van der Waals surface area contributed by atoms with E-state index < -0.39 is 0 Å². The number of hydrogen-bond acceptors (Lipinski definition) is 1. The summed E-state index contributed by atoms with van der Waals surface area (Å²) < 4.78 is 2.42. The molecule has 0 radical (unpaired) electrons. The molecule has 0 N–H and O–H groups in total. The van der Waals surface area contributed by atoms with Gasteiger partial charge in [0.05, 0.1) is 33.1 Å². The first-order valence-electron chi connectivity index (χ1n) is 4.70. The largest absolute Gasteiger partial charge is 0.268 e. The summed E-state index contributed by atoms with van der Waals surface area (Å²) in [5, 5.41) is 0. The predicted molar refractivity (Wildman–Crippen MR) is 46.1 cm³/mol. The highest BCUT2D eigenvalue weighted by Crippen LogP contribution is 2.14. The molecule has 0 bridgehead atoms. The molecule has 0 aliphatic carbocycles. The Morgan fingerprint density at radius 2 is 1.91 bits per heavy atom. The van der Waals surface area contributed by atoms with Gasteiger partial charge >= 0.3 is 0 Å². The smallest absolute Gasteiger partial charge is 0.246 e. The molecule has 11 heavy (non-hydrogen) atoms. The molecule has 2 aliphatic heterocycles. The minimum atomic E-state index is 1.27. The standard InChI is InChI=1S/C9H17N2/c1-10-6-4-5-9(10)11-7-2-3-8-11/h2-8H2,1H3/q+1. The number of hydrogen-bond donors (Lipinski definition) is 0. The summed E-state index contributed by atoms with van der Waals surface area (Å²) in [6, 6.07) is 0. The summed E-state index contributed by atoms with van der Waals surface area (Å²) in [6.45, 7) is 3.88. The Morgan fingerprint density at radius 1 is 1.18 bits per heavy atom. The summed E-state index contributed by atoms with van der Waals surface area (Å²) in [6.07, 6.45) is 5.48. The number of amidine groups is 1. The lowest BCUT2D eigenvalue weighted by molar-refractivity contribution is -0.493. The van der Waals surface area contributed by atoms with Crippen LogP contribution in [0.1, 0.15) is 25.7 Å². The van der Waals surface area contributed by atoms with Crippen LogP contribution in [-0.4, -0.2) is 42.0 Å². The maximum absolute atomic E-state index is 2.56. The normalized spacial score (nSPS) is 25.4. The molecule has 2 nitrogen and oxygen atoms in total. The maximum Gasteiger partial charge on any atom is 0.246 e. The van der Waals surface area contributed by atoms with Gasteiger partial charge in [0.1, 0.15) is 0 Å². The van der Waals surface area contributed by atoms with E-state index in [1.165, 1.54) is 45.3 Å². The van der Waals surface area contributed by atoms with Gasteiger partial charge in [0.2, 0.25) is 5.84 Å². The van der Waals surface area contributed by atoms with E-state index in [0.717, 1.165) is 0 Å². The van der Waals surface area contributed by atoms with Crippen LogP contribution in [0.4, 0.5) is 0 Å². The average molecular weight is 153 g/mol. The van der Waals surface area contributed by atoms with Crippen LogP contribution >= 0.6 is 0 Å². The van der Waals surface area contributed by atoms with Crippen molar-refractivity contribution in [3.05, 3.63) is 0 Å². The summed E-state index contributed by atoms with van der Waals surface area (Å²) in [4.78, 5) is 2.56. The lowest BCUT2D eigenvalue weighted by Crippen LogP contribution is -2.31. The van der Waals surface area contributed by atoms with Gasteiger partial charge in [-0.05, 0) is 19.3 Å². The van der Waals surface area contributed by atoms with Gasteiger partial charge in [-0.15, -0.1) is 0 Å². The van der Waals surface area contributed by atoms with Crippen molar-refractivity contribution in [2.24, 2.45) is 0 Å². The second kappa shape index (κ2) is 2.84. The fourth-order valence-electron chi connectivity index (χ4n) is 2.17. The maximum atomic E-state index is 2.56. The van der Waals surface area contributed by atoms with Crippen LogP contribution in [0.5, 0.6) is 0 Å². The van der Waals surface area contributed by atoms with Crippen LogP contribution in [0.25, 0.3) is 0 Å². The highest BCUT2D eigenvalue weighted by atomic mass is 15.2. The highest BCUT2D eigenvalue weighted by molar-refractivity contribution is 5.78. The molecule has 0 aromatic carbocycles. The van der Waals surface area contributed by atoms with E-state index in [2.05, 4.69) is 16.5 Å². The molecule has 0 amide bonds. The molecule has 2 rings (SSSR count). The van der Waals surface area contributed by atoms with Gasteiger partial charge in [-0.3, -0.25) is 9.48 Å². The van der Waals surface area contributed by atoms with E-state index in [0.29, 0.717) is 0 Å². The van der Waals surface area contributed by atoms with Gasteiger partial charge < -0.3 is 0 Å². The molecule has 0 spiro atoms. The Morgan fingerprint density at radius 3 is 2.45 bits per heavy atom. The first-order valence-corrected chi connectivity index (χ1v) is 4.70. The molecule has 0 aromatic rings. The molecule has 0 aromatic heterocycles. The molecule has 1 fully saturated rings. The van der Waals surface area contributed by atoms with E-state index in [1.807, 2.05) is 0 Å². The van der Waals surface area contributed by atoms with Crippen molar-refractivity contribution in [1.29, 1.82) is 0 Å². The molecular weight excluding hydrogens is 136 g/mol. The first-order chi connectivity index (χ1) is 5.38. The van der Waals surface area contributed by atoms with E-state index in [9.17, 15) is 0 Å². The topological polar surface area (TPSA) is 6.25 Å². The Hall–Kier alpha value is -0.530. The minimum absolute atomic E-state index is 1.27. The van der Waals surface area contributed by atoms with E-state index >= 15 is 0 Å². The zero-order valence-electron chi connectivity index (χ0n) is 7.34. The molecule has 2 heteroatoms. The predicted octanol–water partition coefficient (Wildman–Crippen LogP) is 0.917. The number of nitrogens with zero attached hydrogens (tertiary/aromatic N) is 2. The third kappa shape index (κ3) is 1.26. The van der Waals surface area contributed by atoms with E-state index in [4.69, 9.17) is 0 Å². The highest BCUT2D eigenvalue weighted by Gasteiger charge is 2.27. The van der Waals surface area contributed by atoms with Crippen LogP contribution in [-0.2, 0) is 0 Å². The number of rotatable bonds is 0. The molecule has 2 heterocycles. The molecular formula is C9H17N2+. The summed E-state index contributed by atoms with van der Waals surface area (Å²) in [5.74, 6) is 1.60. The van der Waals surface area contributed by atoms with Gasteiger partial charge in [-0.25, -0.2) is 0 Å². The third-order valence-corrected chi connectivity index (χ3v) is 2.81. The second-order valence-corrected chi connectivity index (χ2v) is 3.64. The van der Waals surface area contributed by atoms with Gasteiger partial charge in [0, 0.05) is 0 Å². The van der Waals surface area contributed by atoms with Crippen molar-refractivity contribution < 1.29 is 4.58 Å². The number of likely N-dealkylation sites (tertiary alicyclic amines) is 1. The van der Waals surface area contributed by atoms with E-state index in [-0.39, 0.29) is 0 Å². The minimum Gasteiger partial charge on any atom is -0.268 e. The Balaban J connectivity index is 2.07.